The molecule has 0 spiro atoms. The molecule has 158 valence electrons. The van der Waals surface area contributed by atoms with E-state index in [-0.39, 0.29) is 36.7 Å². The lowest BCUT2D eigenvalue weighted by Gasteiger charge is -2.25. The van der Waals surface area contributed by atoms with Crippen LogP contribution in [0.2, 0.25) is 20.1 Å². The molecule has 1 heterocycles. The second-order valence-electron chi connectivity index (χ2n) is 8.84. The fraction of sp³-hybridized carbons (Fsp3) is 0.400. The summed E-state index contributed by atoms with van der Waals surface area (Å²) in [6.45, 7) is 12.7. The van der Waals surface area contributed by atoms with Gasteiger partial charge in [-0.1, -0.05) is 94.0 Å². The Balaban J connectivity index is 2.01. The summed E-state index contributed by atoms with van der Waals surface area (Å²) in [7, 11) is -2.36. The number of benzene rings is 2. The summed E-state index contributed by atoms with van der Waals surface area (Å²) in [4.78, 5) is 0. The maximum Gasteiger partial charge on any atom is 0.528 e. The zero-order chi connectivity index (χ0) is 21.9. The molecule has 0 bridgehead atoms. The summed E-state index contributed by atoms with van der Waals surface area (Å²) in [5, 5.41) is 10.0. The first kappa shape index (κ1) is 22.9. The van der Waals surface area contributed by atoms with Crippen molar-refractivity contribution in [2.45, 2.75) is 52.4 Å². The Kier molecular flexibility index (Phi) is 6.11. The number of rotatable bonds is 2. The van der Waals surface area contributed by atoms with Crippen molar-refractivity contribution in [2.24, 2.45) is 0 Å². The molecule has 0 aliphatic carbocycles. The highest BCUT2D eigenvalue weighted by molar-refractivity contribution is 7.43. The normalized spacial score (nSPS) is 16.3. The van der Waals surface area contributed by atoms with Crippen molar-refractivity contribution in [3.63, 3.8) is 0 Å². The molecule has 0 fully saturated rings. The predicted octanol–water partition coefficient (Wildman–Crippen LogP) is 8.41. The number of hydrogen-bond acceptors (Lipinski definition) is 4. The molecule has 0 radical (unpaired) electrons. The minimum absolute atomic E-state index is 0.0188. The third kappa shape index (κ3) is 4.34. The van der Waals surface area contributed by atoms with Gasteiger partial charge in [0.25, 0.3) is 0 Å². The van der Waals surface area contributed by atoms with Gasteiger partial charge in [-0.2, -0.15) is 0 Å². The Hall–Kier alpha value is -0.770. The monoisotopic (exact) mass is 497 g/mol. The molecule has 0 saturated heterocycles. The topological polar surface area (TPSA) is 47.9 Å². The van der Waals surface area contributed by atoms with Crippen LogP contribution in [0.25, 0.3) is 0 Å². The zero-order valence-corrected chi connectivity index (χ0v) is 20.9. The Labute approximate surface area is 192 Å². The predicted molar refractivity (Wildman–Crippen MR) is 122 cm³/mol. The first-order valence-corrected chi connectivity index (χ1v) is 11.6. The molecular weight excluding hydrogens is 477 g/mol. The third-order valence-electron chi connectivity index (χ3n) is 4.49. The van der Waals surface area contributed by atoms with E-state index in [4.69, 9.17) is 60.0 Å². The summed E-state index contributed by atoms with van der Waals surface area (Å²) in [5.41, 5.74) is 1.86. The van der Waals surface area contributed by atoms with E-state index < -0.39 is 14.4 Å². The molecule has 1 aliphatic heterocycles. The van der Waals surface area contributed by atoms with Gasteiger partial charge < -0.3 is 5.11 Å². The van der Waals surface area contributed by atoms with Gasteiger partial charge in [0.1, 0.15) is 10.0 Å². The first-order chi connectivity index (χ1) is 13.2. The van der Waals surface area contributed by atoms with E-state index in [9.17, 15) is 5.11 Å². The smallest absolute Gasteiger partial charge is 0.503 e. The van der Waals surface area contributed by atoms with Crippen LogP contribution in [0, 0.1) is 0 Å². The van der Waals surface area contributed by atoms with Gasteiger partial charge in [0.15, 0.2) is 5.75 Å². The highest BCUT2D eigenvalue weighted by Gasteiger charge is 2.42. The summed E-state index contributed by atoms with van der Waals surface area (Å²) in [6.07, 6.45) is 0. The molecule has 0 saturated carbocycles. The molecule has 4 nitrogen and oxygen atoms in total. The molecule has 1 unspecified atom stereocenters. The second kappa shape index (κ2) is 7.73. The molecule has 1 atom stereocenters. The van der Waals surface area contributed by atoms with E-state index in [0.29, 0.717) is 11.5 Å². The quantitative estimate of drug-likeness (QED) is 0.256. The van der Waals surface area contributed by atoms with Crippen molar-refractivity contribution in [3.05, 3.63) is 43.4 Å². The van der Waals surface area contributed by atoms with Gasteiger partial charge in [0, 0.05) is 5.56 Å². The first-order valence-electron chi connectivity index (χ1n) is 8.86. The van der Waals surface area contributed by atoms with Gasteiger partial charge in [0.05, 0.1) is 10.0 Å². The van der Waals surface area contributed by atoms with Crippen LogP contribution in [0.3, 0.4) is 0 Å². The number of halogens is 4. The molecule has 9 heteroatoms. The van der Waals surface area contributed by atoms with Gasteiger partial charge in [-0.05, 0) is 22.5 Å². The van der Waals surface area contributed by atoms with Crippen LogP contribution < -0.4 is 13.6 Å². The summed E-state index contributed by atoms with van der Waals surface area (Å²) in [6, 6.07) is 4.09. The maximum absolute atomic E-state index is 10.3. The third-order valence-corrected chi connectivity index (χ3v) is 7.40. The summed E-state index contributed by atoms with van der Waals surface area (Å²) < 4.78 is 17.8. The van der Waals surface area contributed by atoms with E-state index in [1.165, 1.54) is 0 Å². The highest BCUT2D eigenvalue weighted by atomic mass is 35.5. The molecule has 3 rings (SSSR count). The van der Waals surface area contributed by atoms with Crippen molar-refractivity contribution in [2.75, 3.05) is 0 Å². The number of phenols is 1. The molecular formula is C20H22Cl4O4P+. The molecule has 1 aliphatic rings. The van der Waals surface area contributed by atoms with Crippen molar-refractivity contribution in [1.82, 2.24) is 0 Å². The summed E-state index contributed by atoms with van der Waals surface area (Å²) >= 11 is 24.3. The SMILES string of the molecule is CC(C)(C)c1cc2c(c(C(C)(C)C)c1)O[PH+](Oc1c(O)c(Cl)c(Cl)c(Cl)c1Cl)O2. The average Bonchev–Trinajstić information content (AvgIpc) is 3.02. The Bertz CT molecular complexity index is 951. The Morgan fingerprint density at radius 2 is 1.41 bits per heavy atom. The van der Waals surface area contributed by atoms with Crippen LogP contribution in [0.4, 0.5) is 0 Å². The van der Waals surface area contributed by atoms with Crippen LogP contribution in [0.1, 0.15) is 52.7 Å². The Morgan fingerprint density at radius 1 is 0.828 bits per heavy atom. The van der Waals surface area contributed by atoms with Crippen LogP contribution in [-0.2, 0) is 10.8 Å². The fourth-order valence-electron chi connectivity index (χ4n) is 2.79. The summed E-state index contributed by atoms with van der Waals surface area (Å²) in [5.74, 6) is 0.679. The van der Waals surface area contributed by atoms with Crippen LogP contribution >= 0.6 is 55.0 Å². The van der Waals surface area contributed by atoms with E-state index in [0.717, 1.165) is 11.1 Å². The lowest BCUT2D eigenvalue weighted by molar-refractivity contribution is 0.401. The van der Waals surface area contributed by atoms with Crippen molar-refractivity contribution in [3.8, 4) is 23.0 Å². The fourth-order valence-corrected chi connectivity index (χ4v) is 4.91. The minimum atomic E-state index is -2.36. The van der Waals surface area contributed by atoms with Gasteiger partial charge in [-0.3, -0.25) is 13.6 Å². The van der Waals surface area contributed by atoms with Crippen LogP contribution in [0.15, 0.2) is 12.1 Å². The molecule has 29 heavy (non-hydrogen) atoms. The van der Waals surface area contributed by atoms with Crippen LogP contribution in [-0.4, -0.2) is 5.11 Å². The lowest BCUT2D eigenvalue weighted by atomic mass is 9.80. The lowest BCUT2D eigenvalue weighted by Crippen LogP contribution is -2.16. The number of phenolic OH excluding ortho intramolecular Hbond substituents is 1. The Morgan fingerprint density at radius 3 is 1.97 bits per heavy atom. The number of hydrogen-bond donors (Lipinski definition) is 1. The maximum atomic E-state index is 10.3. The van der Waals surface area contributed by atoms with Gasteiger partial charge >= 0.3 is 8.60 Å². The van der Waals surface area contributed by atoms with Crippen LogP contribution in [0.5, 0.6) is 23.0 Å². The van der Waals surface area contributed by atoms with E-state index in [1.54, 1.807) is 0 Å². The van der Waals surface area contributed by atoms with Crippen molar-refractivity contribution < 1.29 is 18.7 Å². The molecule has 1 N–H and O–H groups in total. The highest BCUT2D eigenvalue weighted by Crippen LogP contribution is 2.60. The molecule has 0 amide bonds. The van der Waals surface area contributed by atoms with E-state index >= 15 is 0 Å². The van der Waals surface area contributed by atoms with E-state index in [2.05, 4.69) is 47.6 Å². The van der Waals surface area contributed by atoms with Gasteiger partial charge in [-0.15, -0.1) is 0 Å². The van der Waals surface area contributed by atoms with Gasteiger partial charge in [-0.25, -0.2) is 0 Å². The molecule has 0 aromatic heterocycles. The standard InChI is InChI=1S/C20H21Cl4O4P/c1-19(2,3)9-7-10(20(4,5)6)17-11(8-9)26-29(27-17)28-18-15(24)13(22)12(21)14(23)16(18)25/h7-8,29H,1-6H3/p+1. The minimum Gasteiger partial charge on any atom is -0.503 e. The number of aromatic hydroxyl groups is 1. The number of fused-ring (bicyclic) bond motifs is 1. The van der Waals surface area contributed by atoms with E-state index in [1.807, 2.05) is 6.07 Å². The second-order valence-corrected chi connectivity index (χ2v) is 11.5. The van der Waals surface area contributed by atoms with Gasteiger partial charge in [0.2, 0.25) is 17.2 Å². The van der Waals surface area contributed by atoms with Crippen molar-refractivity contribution in [1.29, 1.82) is 0 Å². The zero-order valence-electron chi connectivity index (χ0n) is 16.8. The van der Waals surface area contributed by atoms with Crippen molar-refractivity contribution >= 4 is 55.0 Å². The largest absolute Gasteiger partial charge is 0.528 e. The molecule has 2 aromatic rings. The average molecular weight is 499 g/mol. The molecule has 2 aromatic carbocycles.